The largest absolute Gasteiger partial charge is 0.356 e. The number of aliphatic imine (C=N–C) groups is 1. The van der Waals surface area contributed by atoms with Crippen molar-refractivity contribution in [3.05, 3.63) is 30.3 Å². The van der Waals surface area contributed by atoms with Gasteiger partial charge in [0.2, 0.25) is 11.8 Å². The van der Waals surface area contributed by atoms with E-state index in [0.29, 0.717) is 17.6 Å². The van der Waals surface area contributed by atoms with Crippen LogP contribution in [0, 0.1) is 5.92 Å². The zero-order valence-corrected chi connectivity index (χ0v) is 13.7. The average molecular weight is 319 g/mol. The Bertz CT molecular complexity index is 558. The van der Waals surface area contributed by atoms with Gasteiger partial charge in [-0.1, -0.05) is 43.8 Å². The molecule has 0 unspecified atom stereocenters. The third-order valence-corrected chi connectivity index (χ3v) is 4.26. The van der Waals surface area contributed by atoms with Gasteiger partial charge < -0.3 is 10.6 Å². The molecule has 1 aliphatic rings. The van der Waals surface area contributed by atoms with Crippen molar-refractivity contribution in [1.82, 2.24) is 10.6 Å². The quantitative estimate of drug-likeness (QED) is 0.846. The summed E-state index contributed by atoms with van der Waals surface area (Å²) in [4.78, 5) is 28.1. The predicted octanol–water partition coefficient (Wildman–Crippen LogP) is 2.46. The van der Waals surface area contributed by atoms with Crippen LogP contribution in [0.25, 0.3) is 0 Å². The van der Waals surface area contributed by atoms with Gasteiger partial charge in [0, 0.05) is 13.0 Å². The number of nitrogens with zero attached hydrogens (tertiary/aromatic N) is 1. The molecule has 1 aliphatic heterocycles. The van der Waals surface area contributed by atoms with E-state index in [1.807, 2.05) is 30.3 Å². The van der Waals surface area contributed by atoms with Crippen LogP contribution < -0.4 is 10.6 Å². The topological polar surface area (TPSA) is 70.6 Å². The molecule has 6 heteroatoms. The Labute approximate surface area is 135 Å². The van der Waals surface area contributed by atoms with Gasteiger partial charge in [0.15, 0.2) is 5.17 Å². The average Bonchev–Trinajstić information content (AvgIpc) is 2.79. The second kappa shape index (κ2) is 7.98. The lowest BCUT2D eigenvalue weighted by molar-refractivity contribution is -0.125. The van der Waals surface area contributed by atoms with Crippen molar-refractivity contribution >= 4 is 34.4 Å². The summed E-state index contributed by atoms with van der Waals surface area (Å²) < 4.78 is 0. The minimum Gasteiger partial charge on any atom is -0.356 e. The minimum atomic E-state index is -0.401. The summed E-state index contributed by atoms with van der Waals surface area (Å²) in [6.07, 6.45) is 1.12. The molecular formula is C16H21N3O2S. The Morgan fingerprint density at radius 1 is 1.36 bits per heavy atom. The van der Waals surface area contributed by atoms with Crippen LogP contribution in [-0.2, 0) is 9.59 Å². The molecule has 2 amide bonds. The number of benzene rings is 1. The molecule has 0 radical (unpaired) electrons. The maximum absolute atomic E-state index is 11.9. The maximum Gasteiger partial charge on any atom is 0.240 e. The zero-order chi connectivity index (χ0) is 15.9. The second-order valence-electron chi connectivity index (χ2n) is 5.58. The molecule has 0 aromatic heterocycles. The van der Waals surface area contributed by atoms with Gasteiger partial charge in [-0.2, -0.15) is 0 Å². The molecular weight excluding hydrogens is 298 g/mol. The fraction of sp³-hybridized carbons (Fsp3) is 0.438. The number of para-hydroxylation sites is 1. The van der Waals surface area contributed by atoms with E-state index in [1.165, 1.54) is 11.8 Å². The third-order valence-electron chi connectivity index (χ3n) is 3.18. The number of hydrogen-bond donors (Lipinski definition) is 2. The summed E-state index contributed by atoms with van der Waals surface area (Å²) in [5.74, 6) is 0.307. The molecule has 118 valence electrons. The Morgan fingerprint density at radius 3 is 2.77 bits per heavy atom. The van der Waals surface area contributed by atoms with Gasteiger partial charge in [0.05, 0.1) is 5.69 Å². The van der Waals surface area contributed by atoms with Crippen LogP contribution >= 0.6 is 11.8 Å². The van der Waals surface area contributed by atoms with E-state index in [-0.39, 0.29) is 18.2 Å². The van der Waals surface area contributed by atoms with E-state index in [4.69, 9.17) is 0 Å². The smallest absolute Gasteiger partial charge is 0.240 e. The van der Waals surface area contributed by atoms with Crippen LogP contribution in [0.4, 0.5) is 5.69 Å². The van der Waals surface area contributed by atoms with Crippen molar-refractivity contribution < 1.29 is 9.59 Å². The Morgan fingerprint density at radius 2 is 2.09 bits per heavy atom. The number of amidine groups is 1. The van der Waals surface area contributed by atoms with Crippen molar-refractivity contribution in [2.75, 3.05) is 6.54 Å². The highest BCUT2D eigenvalue weighted by Crippen LogP contribution is 2.24. The Kier molecular flexibility index (Phi) is 6.00. The Balaban J connectivity index is 1.85. The molecule has 1 fully saturated rings. The second-order valence-corrected chi connectivity index (χ2v) is 6.78. The Hall–Kier alpha value is -1.82. The number of hydrogen-bond acceptors (Lipinski definition) is 4. The lowest BCUT2D eigenvalue weighted by Gasteiger charge is -2.08. The fourth-order valence-electron chi connectivity index (χ4n) is 1.95. The molecule has 1 heterocycles. The number of rotatable bonds is 6. The molecule has 1 atom stereocenters. The zero-order valence-electron chi connectivity index (χ0n) is 12.8. The van der Waals surface area contributed by atoms with Crippen LogP contribution in [0.15, 0.2) is 35.3 Å². The molecule has 22 heavy (non-hydrogen) atoms. The highest BCUT2D eigenvalue weighted by Gasteiger charge is 2.31. The molecule has 0 bridgehead atoms. The van der Waals surface area contributed by atoms with Gasteiger partial charge in [-0.15, -0.1) is 0 Å². The molecule has 1 aromatic carbocycles. The summed E-state index contributed by atoms with van der Waals surface area (Å²) in [5.41, 5.74) is 0.785. The summed E-state index contributed by atoms with van der Waals surface area (Å²) in [6.45, 7) is 4.87. The number of carbonyl (C=O) groups is 2. The minimum absolute atomic E-state index is 0.0886. The first kappa shape index (κ1) is 16.5. The van der Waals surface area contributed by atoms with Gasteiger partial charge >= 0.3 is 0 Å². The number of nitrogens with one attached hydrogen (secondary N) is 2. The lowest BCUT2D eigenvalue weighted by Crippen LogP contribution is -2.32. The molecule has 1 saturated heterocycles. The number of carbonyl (C=O) groups excluding carboxylic acids is 2. The molecule has 1 aromatic rings. The van der Waals surface area contributed by atoms with Crippen molar-refractivity contribution in [3.63, 3.8) is 0 Å². The normalized spacial score (nSPS) is 19.5. The standard InChI is InChI=1S/C16H21N3O2S/c1-11(2)8-9-17-14(20)10-13-15(21)19-16(22-13)18-12-6-4-3-5-7-12/h3-7,11,13H,8-10H2,1-2H3,(H,17,20)(H,18,19,21)/t13-/m0/s1. The highest BCUT2D eigenvalue weighted by atomic mass is 32.2. The van der Waals surface area contributed by atoms with E-state index in [1.54, 1.807) is 0 Å². The van der Waals surface area contributed by atoms with Gasteiger partial charge in [-0.05, 0) is 24.5 Å². The lowest BCUT2D eigenvalue weighted by atomic mass is 10.1. The number of amides is 2. The monoisotopic (exact) mass is 319 g/mol. The first-order chi connectivity index (χ1) is 10.5. The van der Waals surface area contributed by atoms with Crippen LogP contribution in [0.2, 0.25) is 0 Å². The van der Waals surface area contributed by atoms with Gasteiger partial charge in [0.1, 0.15) is 5.25 Å². The van der Waals surface area contributed by atoms with Crippen molar-refractivity contribution in [3.8, 4) is 0 Å². The van der Waals surface area contributed by atoms with Gasteiger partial charge in [-0.25, -0.2) is 4.99 Å². The molecule has 2 rings (SSSR count). The van der Waals surface area contributed by atoms with E-state index in [0.717, 1.165) is 12.1 Å². The molecule has 2 N–H and O–H groups in total. The summed E-state index contributed by atoms with van der Waals surface area (Å²) in [5, 5.41) is 5.73. The van der Waals surface area contributed by atoms with Crippen molar-refractivity contribution in [1.29, 1.82) is 0 Å². The maximum atomic E-state index is 11.9. The highest BCUT2D eigenvalue weighted by molar-refractivity contribution is 8.15. The van der Waals surface area contributed by atoms with E-state index >= 15 is 0 Å². The molecule has 0 saturated carbocycles. The molecule has 0 aliphatic carbocycles. The van der Waals surface area contributed by atoms with Crippen molar-refractivity contribution in [2.24, 2.45) is 10.9 Å². The SMILES string of the molecule is CC(C)CCNC(=O)C[C@@H]1SC(=Nc2ccccc2)NC1=O. The van der Waals surface area contributed by atoms with Gasteiger partial charge in [0.25, 0.3) is 0 Å². The summed E-state index contributed by atoms with van der Waals surface area (Å²) >= 11 is 1.31. The first-order valence-electron chi connectivity index (χ1n) is 7.42. The molecule has 5 nitrogen and oxygen atoms in total. The fourth-order valence-corrected chi connectivity index (χ4v) is 2.94. The van der Waals surface area contributed by atoms with Crippen LogP contribution in [0.5, 0.6) is 0 Å². The van der Waals surface area contributed by atoms with E-state index in [9.17, 15) is 9.59 Å². The van der Waals surface area contributed by atoms with Crippen LogP contribution in [0.3, 0.4) is 0 Å². The number of thioether (sulfide) groups is 1. The van der Waals surface area contributed by atoms with Crippen molar-refractivity contribution in [2.45, 2.75) is 31.9 Å². The molecule has 0 spiro atoms. The van der Waals surface area contributed by atoms with Crippen LogP contribution in [-0.4, -0.2) is 28.8 Å². The first-order valence-corrected chi connectivity index (χ1v) is 8.30. The predicted molar refractivity (Wildman–Crippen MR) is 90.1 cm³/mol. The van der Waals surface area contributed by atoms with E-state index in [2.05, 4.69) is 29.5 Å². The van der Waals surface area contributed by atoms with Gasteiger partial charge in [-0.3, -0.25) is 9.59 Å². The summed E-state index contributed by atoms with van der Waals surface area (Å²) in [7, 11) is 0. The summed E-state index contributed by atoms with van der Waals surface area (Å²) in [6, 6.07) is 9.42. The third kappa shape index (κ3) is 5.18. The van der Waals surface area contributed by atoms with E-state index < -0.39 is 5.25 Å². The van der Waals surface area contributed by atoms with Crippen LogP contribution in [0.1, 0.15) is 26.7 Å².